The van der Waals surface area contributed by atoms with Crippen LogP contribution in [-0.2, 0) is 16.1 Å². The average Bonchev–Trinajstić information content (AvgIpc) is 3.55. The first-order valence-electron chi connectivity index (χ1n) is 11.0. The van der Waals surface area contributed by atoms with Crippen LogP contribution in [-0.4, -0.2) is 56.8 Å². The molecule has 4 heterocycles. The van der Waals surface area contributed by atoms with Crippen molar-refractivity contribution in [2.75, 3.05) is 13.1 Å². The van der Waals surface area contributed by atoms with Gasteiger partial charge in [-0.05, 0) is 42.8 Å². The fourth-order valence-electron chi connectivity index (χ4n) is 4.69. The summed E-state index contributed by atoms with van der Waals surface area (Å²) in [6, 6.07) is 15.9. The summed E-state index contributed by atoms with van der Waals surface area (Å²) in [6.07, 6.45) is 2.86. The molecule has 2 aromatic heterocycles. The molecule has 32 heavy (non-hydrogen) atoms. The van der Waals surface area contributed by atoms with E-state index < -0.39 is 0 Å². The Labute approximate surface area is 191 Å². The lowest BCUT2D eigenvalue weighted by molar-refractivity contribution is -0.133. The standard InChI is InChI=1S/C24H26N4O3S/c1-17-23(18-6-3-2-4-7-18)31-24(30)28(17)19-9-12-26(13-10-19)22(29)16-27-14-11-20(25-27)21-8-5-15-32-21/h2-8,11,14-15,17,19,23H,9-10,12-13,16H2,1H3/t17-,23-/m1/s1. The number of likely N-dealkylation sites (tertiary alicyclic amines) is 1. The molecule has 2 atom stereocenters. The highest BCUT2D eigenvalue weighted by atomic mass is 32.1. The van der Waals surface area contributed by atoms with Crippen LogP contribution in [0.25, 0.3) is 10.6 Å². The van der Waals surface area contributed by atoms with E-state index >= 15 is 0 Å². The highest BCUT2D eigenvalue weighted by Crippen LogP contribution is 2.35. The molecule has 1 aromatic carbocycles. The van der Waals surface area contributed by atoms with Crippen LogP contribution in [0.3, 0.4) is 0 Å². The quantitative estimate of drug-likeness (QED) is 0.585. The second kappa shape index (κ2) is 8.78. The number of thiophene rings is 1. The Balaban J connectivity index is 1.17. The molecule has 0 radical (unpaired) electrons. The maximum atomic E-state index is 12.8. The first-order valence-corrected chi connectivity index (χ1v) is 11.9. The van der Waals surface area contributed by atoms with Crippen molar-refractivity contribution in [3.8, 4) is 10.6 Å². The summed E-state index contributed by atoms with van der Waals surface area (Å²) >= 11 is 1.63. The molecule has 0 bridgehead atoms. The molecule has 0 saturated carbocycles. The van der Waals surface area contributed by atoms with Crippen LogP contribution in [0, 0.1) is 0 Å². The second-order valence-corrected chi connectivity index (χ2v) is 9.30. The molecule has 2 amide bonds. The Morgan fingerprint density at radius 2 is 1.91 bits per heavy atom. The predicted molar refractivity (Wildman–Crippen MR) is 122 cm³/mol. The molecule has 2 fully saturated rings. The maximum absolute atomic E-state index is 12.8. The topological polar surface area (TPSA) is 67.7 Å². The number of hydrogen-bond acceptors (Lipinski definition) is 5. The van der Waals surface area contributed by atoms with Gasteiger partial charge < -0.3 is 9.64 Å². The summed E-state index contributed by atoms with van der Waals surface area (Å²) in [4.78, 5) is 30.3. The van der Waals surface area contributed by atoms with E-state index in [9.17, 15) is 9.59 Å². The number of benzene rings is 1. The van der Waals surface area contributed by atoms with E-state index in [0.717, 1.165) is 29.0 Å². The molecule has 0 unspecified atom stereocenters. The van der Waals surface area contributed by atoms with Crippen molar-refractivity contribution in [1.29, 1.82) is 0 Å². The van der Waals surface area contributed by atoms with Gasteiger partial charge in [0.05, 0.1) is 10.9 Å². The van der Waals surface area contributed by atoms with Gasteiger partial charge in [-0.25, -0.2) is 4.79 Å². The van der Waals surface area contributed by atoms with Crippen molar-refractivity contribution in [2.45, 2.75) is 44.5 Å². The van der Waals surface area contributed by atoms with Gasteiger partial charge in [0.1, 0.15) is 18.3 Å². The normalized spacial score (nSPS) is 21.7. The van der Waals surface area contributed by atoms with Gasteiger partial charge >= 0.3 is 6.09 Å². The molecule has 3 aromatic rings. The van der Waals surface area contributed by atoms with E-state index in [2.05, 4.69) is 5.10 Å². The van der Waals surface area contributed by atoms with Crippen LogP contribution in [0.1, 0.15) is 31.4 Å². The fourth-order valence-corrected chi connectivity index (χ4v) is 5.38. The van der Waals surface area contributed by atoms with Crippen molar-refractivity contribution in [1.82, 2.24) is 19.6 Å². The fraction of sp³-hybridized carbons (Fsp3) is 0.375. The number of aromatic nitrogens is 2. The third-order valence-electron chi connectivity index (χ3n) is 6.37. The van der Waals surface area contributed by atoms with E-state index in [1.807, 2.05) is 76.8 Å². The SMILES string of the molecule is C[C@@H]1[C@H](c2ccccc2)OC(=O)N1C1CCN(C(=O)Cn2ccc(-c3cccs3)n2)CC1. The lowest BCUT2D eigenvalue weighted by Gasteiger charge is -2.37. The van der Waals surface area contributed by atoms with Gasteiger partial charge in [0.25, 0.3) is 0 Å². The van der Waals surface area contributed by atoms with Gasteiger partial charge in [-0.1, -0.05) is 36.4 Å². The van der Waals surface area contributed by atoms with Gasteiger partial charge in [-0.2, -0.15) is 5.10 Å². The molecule has 8 heteroatoms. The minimum absolute atomic E-state index is 0.0306. The molecule has 2 aliphatic heterocycles. The number of carbonyl (C=O) groups is 2. The highest BCUT2D eigenvalue weighted by molar-refractivity contribution is 7.13. The Kier molecular flexibility index (Phi) is 5.70. The molecule has 2 aliphatic rings. The molecule has 0 spiro atoms. The summed E-state index contributed by atoms with van der Waals surface area (Å²) in [7, 11) is 0. The number of amides is 2. The number of piperidine rings is 1. The minimum atomic E-state index is -0.256. The summed E-state index contributed by atoms with van der Waals surface area (Å²) in [5, 5.41) is 6.55. The number of cyclic esters (lactones) is 1. The first-order chi connectivity index (χ1) is 15.6. The molecule has 2 saturated heterocycles. The maximum Gasteiger partial charge on any atom is 0.411 e. The average molecular weight is 451 g/mol. The van der Waals surface area contributed by atoms with Gasteiger partial charge in [0.2, 0.25) is 5.91 Å². The molecule has 166 valence electrons. The smallest absolute Gasteiger partial charge is 0.411 e. The molecule has 0 N–H and O–H groups in total. The second-order valence-electron chi connectivity index (χ2n) is 8.35. The van der Waals surface area contributed by atoms with Crippen LogP contribution < -0.4 is 0 Å². The lowest BCUT2D eigenvalue weighted by atomic mass is 9.98. The monoisotopic (exact) mass is 450 g/mol. The van der Waals surface area contributed by atoms with Gasteiger partial charge in [-0.15, -0.1) is 11.3 Å². The van der Waals surface area contributed by atoms with Crippen molar-refractivity contribution in [2.24, 2.45) is 0 Å². The molecule has 5 rings (SSSR count). The van der Waals surface area contributed by atoms with Crippen LogP contribution in [0.15, 0.2) is 60.1 Å². The Morgan fingerprint density at radius 1 is 1.12 bits per heavy atom. The Bertz CT molecular complexity index is 1070. The van der Waals surface area contributed by atoms with E-state index in [-0.39, 0.29) is 36.7 Å². The molecular weight excluding hydrogens is 424 g/mol. The zero-order valence-electron chi connectivity index (χ0n) is 18.0. The zero-order chi connectivity index (χ0) is 22.1. The summed E-state index contributed by atoms with van der Waals surface area (Å²) in [5.74, 6) is 0.0588. The van der Waals surface area contributed by atoms with Crippen molar-refractivity contribution < 1.29 is 14.3 Å². The number of hydrogen-bond donors (Lipinski definition) is 0. The van der Waals surface area contributed by atoms with E-state index in [4.69, 9.17) is 4.74 Å². The highest BCUT2D eigenvalue weighted by Gasteiger charge is 2.44. The zero-order valence-corrected chi connectivity index (χ0v) is 18.8. The van der Waals surface area contributed by atoms with E-state index in [0.29, 0.717) is 13.1 Å². The predicted octanol–water partition coefficient (Wildman–Crippen LogP) is 4.18. The third-order valence-corrected chi connectivity index (χ3v) is 7.26. The van der Waals surface area contributed by atoms with Crippen molar-refractivity contribution >= 4 is 23.3 Å². The molecule has 0 aliphatic carbocycles. The Morgan fingerprint density at radius 3 is 2.62 bits per heavy atom. The number of carbonyl (C=O) groups excluding carboxylic acids is 2. The van der Waals surface area contributed by atoms with Crippen LogP contribution >= 0.6 is 11.3 Å². The van der Waals surface area contributed by atoms with Crippen LogP contribution in [0.5, 0.6) is 0 Å². The Hall–Kier alpha value is -3.13. The van der Waals surface area contributed by atoms with Gasteiger partial charge in [0.15, 0.2) is 0 Å². The van der Waals surface area contributed by atoms with Crippen molar-refractivity contribution in [3.05, 3.63) is 65.7 Å². The van der Waals surface area contributed by atoms with Crippen LogP contribution in [0.4, 0.5) is 4.79 Å². The lowest BCUT2D eigenvalue weighted by Crippen LogP contribution is -2.49. The molecular formula is C24H26N4O3S. The third kappa shape index (κ3) is 4.02. The summed E-state index contributed by atoms with van der Waals surface area (Å²) < 4.78 is 7.41. The van der Waals surface area contributed by atoms with Gasteiger partial charge in [0, 0.05) is 25.3 Å². The minimum Gasteiger partial charge on any atom is -0.439 e. The number of ether oxygens (including phenoxy) is 1. The summed E-state index contributed by atoms with van der Waals surface area (Å²) in [5.41, 5.74) is 1.91. The number of rotatable bonds is 5. The van der Waals surface area contributed by atoms with Gasteiger partial charge in [-0.3, -0.25) is 14.4 Å². The number of nitrogens with zero attached hydrogens (tertiary/aromatic N) is 4. The first kappa shape index (κ1) is 20.8. The molecule has 7 nitrogen and oxygen atoms in total. The van der Waals surface area contributed by atoms with Crippen LogP contribution in [0.2, 0.25) is 0 Å². The largest absolute Gasteiger partial charge is 0.439 e. The summed E-state index contributed by atoms with van der Waals surface area (Å²) in [6.45, 7) is 3.54. The van der Waals surface area contributed by atoms with E-state index in [1.54, 1.807) is 16.0 Å². The van der Waals surface area contributed by atoms with E-state index in [1.165, 1.54) is 0 Å². The van der Waals surface area contributed by atoms with Crippen molar-refractivity contribution in [3.63, 3.8) is 0 Å².